The minimum atomic E-state index is -4.14. The van der Waals surface area contributed by atoms with Gasteiger partial charge in [0, 0.05) is 26.2 Å². The van der Waals surface area contributed by atoms with Gasteiger partial charge in [-0.2, -0.15) is 18.4 Å². The number of nitriles is 1. The van der Waals surface area contributed by atoms with Gasteiger partial charge in [-0.1, -0.05) is 25.5 Å². The number of piperidine rings is 1. The first kappa shape index (κ1) is 22.6. The minimum absolute atomic E-state index is 0.0816. The fourth-order valence-electron chi connectivity index (χ4n) is 4.82. The van der Waals surface area contributed by atoms with Crippen LogP contribution in [0.3, 0.4) is 0 Å². The molecule has 0 bridgehead atoms. The van der Waals surface area contributed by atoms with Gasteiger partial charge < -0.3 is 4.90 Å². The second-order valence-electron chi connectivity index (χ2n) is 8.78. The number of hydrazine groups is 1. The van der Waals surface area contributed by atoms with Crippen molar-refractivity contribution in [1.82, 2.24) is 20.2 Å². The molecule has 4 rings (SSSR count). The summed E-state index contributed by atoms with van der Waals surface area (Å²) in [6, 6.07) is 9.41. The summed E-state index contributed by atoms with van der Waals surface area (Å²) in [5.74, 6) is -1.32. The fraction of sp³-hybridized carbons (Fsp3) is 0.565. The van der Waals surface area contributed by atoms with Gasteiger partial charge in [-0.05, 0) is 43.0 Å². The first-order valence-corrected chi connectivity index (χ1v) is 11.2. The Labute approximate surface area is 186 Å². The summed E-state index contributed by atoms with van der Waals surface area (Å²) >= 11 is 0. The topological polar surface area (TPSA) is 62.6 Å². The van der Waals surface area contributed by atoms with Gasteiger partial charge in [-0.15, -0.1) is 0 Å². The Morgan fingerprint density at radius 2 is 1.88 bits per heavy atom. The number of hydrogen-bond donors (Lipinski definition) is 1. The molecule has 9 heteroatoms. The van der Waals surface area contributed by atoms with Gasteiger partial charge >= 0.3 is 6.18 Å². The smallest absolute Gasteiger partial charge is 0.331 e. The number of hydrogen-bond acceptors (Lipinski definition) is 5. The lowest BCUT2D eigenvalue weighted by atomic mass is 9.96. The molecular weight excluding hydrogens is 419 g/mol. The molecule has 32 heavy (non-hydrogen) atoms. The number of alkyl halides is 3. The number of rotatable bonds is 5. The third kappa shape index (κ3) is 4.62. The summed E-state index contributed by atoms with van der Waals surface area (Å²) < 4.78 is 39.1. The number of piperazine rings is 1. The molecular formula is C23H28F3N5O. The number of benzene rings is 1. The number of likely N-dealkylation sites (tertiary alicyclic amines) is 1. The van der Waals surface area contributed by atoms with Crippen LogP contribution in [0.1, 0.15) is 43.7 Å². The SMILES string of the molecule is CCCC1CN(Cc2ccc(C#N)cc2)C(=O)C2=CC(N3CCC(C(F)(F)F)CC3)NN21. The Hall–Kier alpha value is -2.57. The molecule has 2 saturated heterocycles. The van der Waals surface area contributed by atoms with Crippen molar-refractivity contribution in [1.29, 1.82) is 5.26 Å². The Kier molecular flexibility index (Phi) is 6.45. The maximum atomic E-state index is 13.3. The van der Waals surface area contributed by atoms with Gasteiger partial charge in [0.1, 0.15) is 5.70 Å². The van der Waals surface area contributed by atoms with Crippen LogP contribution in [0.4, 0.5) is 13.2 Å². The molecule has 2 fully saturated rings. The number of carbonyl (C=O) groups is 1. The van der Waals surface area contributed by atoms with E-state index in [0.29, 0.717) is 37.4 Å². The van der Waals surface area contributed by atoms with E-state index in [4.69, 9.17) is 5.26 Å². The van der Waals surface area contributed by atoms with Crippen LogP contribution < -0.4 is 5.43 Å². The predicted octanol–water partition coefficient (Wildman–Crippen LogP) is 3.37. The van der Waals surface area contributed by atoms with Crippen molar-refractivity contribution in [3.05, 3.63) is 47.2 Å². The highest BCUT2D eigenvalue weighted by atomic mass is 19.4. The van der Waals surface area contributed by atoms with Crippen LogP contribution in [0.15, 0.2) is 36.0 Å². The first-order chi connectivity index (χ1) is 15.3. The van der Waals surface area contributed by atoms with Crippen molar-refractivity contribution in [3.8, 4) is 6.07 Å². The van der Waals surface area contributed by atoms with Gasteiger partial charge in [0.25, 0.3) is 5.91 Å². The molecule has 1 aromatic rings. The maximum Gasteiger partial charge on any atom is 0.391 e. The number of nitrogens with one attached hydrogen (secondary N) is 1. The zero-order valence-electron chi connectivity index (χ0n) is 18.1. The quantitative estimate of drug-likeness (QED) is 0.750. The number of nitrogens with zero attached hydrogens (tertiary/aromatic N) is 4. The lowest BCUT2D eigenvalue weighted by Gasteiger charge is -2.42. The molecule has 2 unspecified atom stereocenters. The third-order valence-corrected chi connectivity index (χ3v) is 6.61. The molecule has 2 atom stereocenters. The van der Waals surface area contributed by atoms with E-state index in [9.17, 15) is 18.0 Å². The van der Waals surface area contributed by atoms with E-state index in [1.54, 1.807) is 12.1 Å². The predicted molar refractivity (Wildman–Crippen MR) is 112 cm³/mol. The van der Waals surface area contributed by atoms with Crippen molar-refractivity contribution in [2.75, 3.05) is 19.6 Å². The van der Waals surface area contributed by atoms with Crippen LogP contribution in [-0.4, -0.2) is 58.7 Å². The molecule has 3 aliphatic heterocycles. The third-order valence-electron chi connectivity index (χ3n) is 6.61. The second-order valence-corrected chi connectivity index (χ2v) is 8.78. The largest absolute Gasteiger partial charge is 0.391 e. The Balaban J connectivity index is 1.47. The monoisotopic (exact) mass is 447 g/mol. The molecule has 0 aliphatic carbocycles. The Morgan fingerprint density at radius 3 is 2.47 bits per heavy atom. The minimum Gasteiger partial charge on any atom is -0.331 e. The van der Waals surface area contributed by atoms with E-state index in [1.807, 2.05) is 33.0 Å². The zero-order chi connectivity index (χ0) is 22.9. The average molecular weight is 448 g/mol. The normalized spacial score (nSPS) is 25.0. The second kappa shape index (κ2) is 9.12. The van der Waals surface area contributed by atoms with E-state index < -0.39 is 12.1 Å². The van der Waals surface area contributed by atoms with Gasteiger partial charge in [0.2, 0.25) is 0 Å². The highest BCUT2D eigenvalue weighted by Crippen LogP contribution is 2.35. The van der Waals surface area contributed by atoms with Crippen LogP contribution in [0.25, 0.3) is 0 Å². The van der Waals surface area contributed by atoms with Crippen molar-refractivity contribution >= 4 is 5.91 Å². The molecule has 0 aromatic heterocycles. The molecule has 1 aromatic carbocycles. The number of fused-ring (bicyclic) bond motifs is 1. The van der Waals surface area contributed by atoms with E-state index in [0.717, 1.165) is 18.4 Å². The average Bonchev–Trinajstić information content (AvgIpc) is 3.23. The summed E-state index contributed by atoms with van der Waals surface area (Å²) in [4.78, 5) is 17.1. The first-order valence-electron chi connectivity index (χ1n) is 11.2. The molecule has 0 radical (unpaired) electrons. The van der Waals surface area contributed by atoms with Crippen LogP contribution >= 0.6 is 0 Å². The molecule has 6 nitrogen and oxygen atoms in total. The molecule has 1 N–H and O–H groups in total. The number of halogens is 3. The lowest BCUT2D eigenvalue weighted by molar-refractivity contribution is -0.186. The summed E-state index contributed by atoms with van der Waals surface area (Å²) in [6.07, 6.45) is -0.522. The maximum absolute atomic E-state index is 13.3. The van der Waals surface area contributed by atoms with E-state index >= 15 is 0 Å². The standard InChI is InChI=1S/C23H28F3N5O/c1-2-3-19-15-30(14-17-6-4-16(13-27)5-7-17)22(32)20-12-21(28-31(19)20)29-10-8-18(9-11-29)23(24,25)26/h4-7,12,18-19,21,28H,2-3,8-11,14-15H2,1H3. The van der Waals surface area contributed by atoms with E-state index in [-0.39, 0.29) is 31.0 Å². The van der Waals surface area contributed by atoms with Crippen molar-refractivity contribution < 1.29 is 18.0 Å². The fourth-order valence-corrected chi connectivity index (χ4v) is 4.82. The summed E-state index contributed by atoms with van der Waals surface area (Å²) in [5.41, 5.74) is 5.49. The van der Waals surface area contributed by atoms with E-state index in [2.05, 4.69) is 18.4 Å². The highest BCUT2D eigenvalue weighted by molar-refractivity contribution is 5.94. The summed E-state index contributed by atoms with van der Waals surface area (Å²) in [7, 11) is 0. The van der Waals surface area contributed by atoms with Crippen molar-refractivity contribution in [2.24, 2.45) is 5.92 Å². The lowest BCUT2D eigenvalue weighted by Crippen LogP contribution is -2.59. The Morgan fingerprint density at radius 1 is 1.19 bits per heavy atom. The summed E-state index contributed by atoms with van der Waals surface area (Å²) in [5, 5.41) is 10.9. The van der Waals surface area contributed by atoms with Gasteiger partial charge in [0.15, 0.2) is 0 Å². The van der Waals surface area contributed by atoms with Crippen LogP contribution in [0.5, 0.6) is 0 Å². The van der Waals surface area contributed by atoms with E-state index in [1.165, 1.54) is 0 Å². The number of amides is 1. The molecule has 3 aliphatic rings. The van der Waals surface area contributed by atoms with Gasteiger partial charge in [-0.25, -0.2) is 5.43 Å². The van der Waals surface area contributed by atoms with Gasteiger partial charge in [-0.3, -0.25) is 14.7 Å². The zero-order valence-corrected chi connectivity index (χ0v) is 18.1. The van der Waals surface area contributed by atoms with Crippen molar-refractivity contribution in [3.63, 3.8) is 0 Å². The van der Waals surface area contributed by atoms with Crippen LogP contribution in [-0.2, 0) is 11.3 Å². The highest BCUT2D eigenvalue weighted by Gasteiger charge is 2.45. The molecule has 3 heterocycles. The molecule has 0 saturated carbocycles. The number of carbonyl (C=O) groups excluding carboxylic acids is 1. The molecule has 172 valence electrons. The molecule has 0 spiro atoms. The van der Waals surface area contributed by atoms with Gasteiger partial charge in [0.05, 0.1) is 29.8 Å². The van der Waals surface area contributed by atoms with Crippen LogP contribution in [0, 0.1) is 17.2 Å². The van der Waals surface area contributed by atoms with Crippen LogP contribution in [0.2, 0.25) is 0 Å². The Bertz CT molecular complexity index is 900. The summed E-state index contributed by atoms with van der Waals surface area (Å²) in [6.45, 7) is 3.82. The van der Waals surface area contributed by atoms with Crippen molar-refractivity contribution in [2.45, 2.75) is 57.5 Å². The molecule has 1 amide bonds.